The van der Waals surface area contributed by atoms with Crippen molar-refractivity contribution in [3.63, 3.8) is 0 Å². The summed E-state index contributed by atoms with van der Waals surface area (Å²) >= 11 is 0. The third kappa shape index (κ3) is 6.84. The molecule has 0 bridgehead atoms. The van der Waals surface area contributed by atoms with E-state index in [1.807, 2.05) is 51.0 Å². The molecule has 0 spiro atoms. The molecular formula is C23H39N3O2. The van der Waals surface area contributed by atoms with Crippen molar-refractivity contribution in [2.24, 2.45) is 11.8 Å². The zero-order chi connectivity index (χ0) is 21.4. The molecule has 0 saturated carbocycles. The number of carbonyl (C=O) groups is 2. The lowest BCUT2D eigenvalue weighted by atomic mass is 10.00. The van der Waals surface area contributed by atoms with Crippen LogP contribution < -0.4 is 10.2 Å². The quantitative estimate of drug-likeness (QED) is 0.618. The summed E-state index contributed by atoms with van der Waals surface area (Å²) in [5.74, 6) is 0.597. The Morgan fingerprint density at radius 2 is 1.64 bits per heavy atom. The number of nitrogens with zero attached hydrogens (tertiary/aromatic N) is 2. The molecule has 1 aromatic carbocycles. The highest BCUT2D eigenvalue weighted by Crippen LogP contribution is 2.27. The summed E-state index contributed by atoms with van der Waals surface area (Å²) in [4.78, 5) is 29.2. The highest BCUT2D eigenvalue weighted by molar-refractivity contribution is 5.91. The topological polar surface area (TPSA) is 52.7 Å². The summed E-state index contributed by atoms with van der Waals surface area (Å²) in [6.07, 6.45) is 2.20. The van der Waals surface area contributed by atoms with Crippen molar-refractivity contribution in [1.29, 1.82) is 0 Å². The van der Waals surface area contributed by atoms with Gasteiger partial charge < -0.3 is 15.1 Å². The van der Waals surface area contributed by atoms with Crippen molar-refractivity contribution >= 4 is 23.2 Å². The molecule has 0 atom stereocenters. The molecule has 28 heavy (non-hydrogen) atoms. The number of amides is 2. The van der Waals surface area contributed by atoms with E-state index in [0.717, 1.165) is 29.8 Å². The predicted octanol–water partition coefficient (Wildman–Crippen LogP) is 4.91. The van der Waals surface area contributed by atoms with Crippen LogP contribution in [0.4, 0.5) is 11.4 Å². The molecule has 0 aliphatic rings. The zero-order valence-electron chi connectivity index (χ0n) is 19.0. The Bertz CT molecular complexity index is 649. The third-order valence-corrected chi connectivity index (χ3v) is 5.02. The number of anilines is 2. The smallest absolute Gasteiger partial charge is 0.226 e. The van der Waals surface area contributed by atoms with Crippen molar-refractivity contribution in [3.05, 3.63) is 23.8 Å². The first-order valence-electron chi connectivity index (χ1n) is 10.5. The van der Waals surface area contributed by atoms with Gasteiger partial charge in [-0.3, -0.25) is 9.59 Å². The second kappa shape index (κ2) is 11.1. The highest BCUT2D eigenvalue weighted by atomic mass is 16.2. The van der Waals surface area contributed by atoms with Gasteiger partial charge in [-0.1, -0.05) is 27.7 Å². The number of carbonyl (C=O) groups excluding carboxylic acids is 2. The molecule has 0 aromatic heterocycles. The first-order chi connectivity index (χ1) is 13.1. The maximum atomic E-state index is 13.1. The zero-order valence-corrected chi connectivity index (χ0v) is 19.0. The maximum Gasteiger partial charge on any atom is 0.226 e. The minimum atomic E-state index is 0.0207. The van der Waals surface area contributed by atoms with Crippen LogP contribution in [0.15, 0.2) is 18.2 Å². The summed E-state index contributed by atoms with van der Waals surface area (Å²) < 4.78 is 0. The molecule has 158 valence electrons. The van der Waals surface area contributed by atoms with Gasteiger partial charge in [0.25, 0.3) is 0 Å². The van der Waals surface area contributed by atoms with E-state index in [4.69, 9.17) is 0 Å². The molecule has 0 heterocycles. The summed E-state index contributed by atoms with van der Waals surface area (Å²) in [6.45, 7) is 12.9. The van der Waals surface area contributed by atoms with Gasteiger partial charge >= 0.3 is 0 Å². The Morgan fingerprint density at radius 1 is 1.04 bits per heavy atom. The highest BCUT2D eigenvalue weighted by Gasteiger charge is 2.25. The maximum absolute atomic E-state index is 13.1. The minimum Gasteiger partial charge on any atom is -0.377 e. The average Bonchev–Trinajstić information content (AvgIpc) is 2.59. The third-order valence-electron chi connectivity index (χ3n) is 5.02. The van der Waals surface area contributed by atoms with Crippen molar-refractivity contribution in [3.8, 4) is 0 Å². The first kappa shape index (κ1) is 24.0. The molecule has 0 aliphatic carbocycles. The monoisotopic (exact) mass is 389 g/mol. The molecule has 0 unspecified atom stereocenters. The van der Waals surface area contributed by atoms with Crippen LogP contribution in [0.5, 0.6) is 0 Å². The van der Waals surface area contributed by atoms with Crippen LogP contribution in [0.3, 0.4) is 0 Å². The van der Waals surface area contributed by atoms with Gasteiger partial charge in [0, 0.05) is 50.4 Å². The van der Waals surface area contributed by atoms with E-state index in [1.165, 1.54) is 0 Å². The first-order valence-corrected chi connectivity index (χ1v) is 10.5. The van der Waals surface area contributed by atoms with Crippen LogP contribution in [0, 0.1) is 11.8 Å². The Kier molecular flexibility index (Phi) is 9.50. The Morgan fingerprint density at radius 3 is 2.11 bits per heavy atom. The minimum absolute atomic E-state index is 0.0207. The van der Waals surface area contributed by atoms with Gasteiger partial charge in [0.1, 0.15) is 0 Å². The Balaban J connectivity index is 3.17. The van der Waals surface area contributed by atoms with Crippen molar-refractivity contribution in [2.45, 2.75) is 73.4 Å². The molecule has 0 saturated heterocycles. The fourth-order valence-corrected chi connectivity index (χ4v) is 3.38. The summed E-state index contributed by atoms with van der Waals surface area (Å²) in [6, 6.07) is 6.06. The van der Waals surface area contributed by atoms with Gasteiger partial charge in [0.15, 0.2) is 0 Å². The second-order valence-electron chi connectivity index (χ2n) is 8.46. The molecule has 1 N–H and O–H groups in total. The molecule has 5 nitrogen and oxygen atoms in total. The van der Waals surface area contributed by atoms with E-state index in [1.54, 1.807) is 0 Å². The predicted molar refractivity (Wildman–Crippen MR) is 119 cm³/mol. The Labute approximate surface area is 171 Å². The van der Waals surface area contributed by atoms with E-state index < -0.39 is 0 Å². The van der Waals surface area contributed by atoms with E-state index >= 15 is 0 Å². The largest absolute Gasteiger partial charge is 0.377 e. The average molecular weight is 390 g/mol. The molecule has 1 aromatic rings. The van der Waals surface area contributed by atoms with E-state index in [2.05, 4.69) is 37.9 Å². The number of nitrogens with one attached hydrogen (secondary N) is 1. The lowest BCUT2D eigenvalue weighted by molar-refractivity contribution is -0.138. The van der Waals surface area contributed by atoms with Crippen LogP contribution in [0.25, 0.3) is 0 Å². The number of hydrogen-bond acceptors (Lipinski definition) is 3. The van der Waals surface area contributed by atoms with Crippen molar-refractivity contribution in [1.82, 2.24) is 4.90 Å². The van der Waals surface area contributed by atoms with E-state index in [0.29, 0.717) is 18.9 Å². The van der Waals surface area contributed by atoms with E-state index in [9.17, 15) is 9.59 Å². The van der Waals surface area contributed by atoms with Crippen molar-refractivity contribution < 1.29 is 9.59 Å². The lowest BCUT2D eigenvalue weighted by Crippen LogP contribution is -2.40. The summed E-state index contributed by atoms with van der Waals surface area (Å²) in [5.41, 5.74) is 2.88. The fraction of sp³-hybridized carbons (Fsp3) is 0.652. The lowest BCUT2D eigenvalue weighted by Gasteiger charge is -2.32. The van der Waals surface area contributed by atoms with Gasteiger partial charge in [-0.2, -0.15) is 0 Å². The summed E-state index contributed by atoms with van der Waals surface area (Å²) in [7, 11) is 4.00. The van der Waals surface area contributed by atoms with E-state index in [-0.39, 0.29) is 23.8 Å². The normalized spacial score (nSPS) is 11.2. The second-order valence-corrected chi connectivity index (χ2v) is 8.46. The molecule has 0 radical (unpaired) electrons. The SMILES string of the molecule is CCC(CC)C(=O)N(Cc1cc(NC(=O)CC(C)C)ccc1N(C)C)C(C)C. The van der Waals surface area contributed by atoms with Crippen LogP contribution in [0.2, 0.25) is 0 Å². The van der Waals surface area contributed by atoms with Crippen LogP contribution in [0.1, 0.15) is 66.4 Å². The van der Waals surface area contributed by atoms with Gasteiger partial charge in [-0.05, 0) is 56.4 Å². The molecule has 5 heteroatoms. The number of rotatable bonds is 10. The van der Waals surface area contributed by atoms with Gasteiger partial charge in [-0.25, -0.2) is 0 Å². The molecule has 0 aliphatic heterocycles. The van der Waals surface area contributed by atoms with Crippen molar-refractivity contribution in [2.75, 3.05) is 24.3 Å². The fourth-order valence-electron chi connectivity index (χ4n) is 3.38. The van der Waals surface area contributed by atoms with Crippen LogP contribution >= 0.6 is 0 Å². The standard InChI is InChI=1S/C23H39N3O2/c1-9-18(10-2)23(28)26(17(5)6)15-19-14-20(11-12-21(19)25(7)8)24-22(27)13-16(3)4/h11-12,14,16-18H,9-10,13,15H2,1-8H3,(H,24,27). The number of benzene rings is 1. The molecule has 0 fully saturated rings. The molecule has 2 amide bonds. The number of hydrogen-bond donors (Lipinski definition) is 1. The van der Waals surface area contributed by atoms with Crippen LogP contribution in [-0.2, 0) is 16.1 Å². The molecule has 1 rings (SSSR count). The van der Waals surface area contributed by atoms with Gasteiger partial charge in [0.2, 0.25) is 11.8 Å². The molecular weight excluding hydrogens is 350 g/mol. The van der Waals surface area contributed by atoms with Gasteiger partial charge in [0.05, 0.1) is 0 Å². The summed E-state index contributed by atoms with van der Waals surface area (Å²) in [5, 5.41) is 3.00. The Hall–Kier alpha value is -2.04. The van der Waals surface area contributed by atoms with Gasteiger partial charge in [-0.15, -0.1) is 0 Å². The van der Waals surface area contributed by atoms with Crippen LogP contribution in [-0.4, -0.2) is 36.9 Å².